The van der Waals surface area contributed by atoms with Crippen LogP contribution in [-0.2, 0) is 9.53 Å². The summed E-state index contributed by atoms with van der Waals surface area (Å²) in [5, 5.41) is 22.0. The van der Waals surface area contributed by atoms with Gasteiger partial charge in [0.15, 0.2) is 0 Å². The third kappa shape index (κ3) is 5.76. The van der Waals surface area contributed by atoms with Gasteiger partial charge in [0.05, 0.1) is 19.3 Å². The van der Waals surface area contributed by atoms with E-state index >= 15 is 0 Å². The molecule has 5 heteroatoms. The van der Waals surface area contributed by atoms with Crippen LogP contribution < -0.4 is 0 Å². The van der Waals surface area contributed by atoms with E-state index in [0.717, 1.165) is 56.1 Å². The Morgan fingerprint density at radius 3 is 2.78 bits per heavy atom. The minimum Gasteiger partial charge on any atom is -0.469 e. The summed E-state index contributed by atoms with van der Waals surface area (Å²) in [5.74, 6) is -0.0694. The normalized spacial score (nSPS) is 27.9. The van der Waals surface area contributed by atoms with Crippen LogP contribution in [0.3, 0.4) is 0 Å². The third-order valence-electron chi connectivity index (χ3n) is 7.65. The first kappa shape index (κ1) is 25.3. The number of alkyl halides is 1. The second-order valence-electron chi connectivity index (χ2n) is 9.72. The Morgan fingerprint density at radius 2 is 2.12 bits per heavy atom. The number of hydrogen-bond acceptors (Lipinski definition) is 4. The van der Waals surface area contributed by atoms with Crippen LogP contribution in [-0.4, -0.2) is 34.8 Å². The Bertz CT molecular complexity index is 773. The lowest BCUT2D eigenvalue weighted by Gasteiger charge is -2.46. The van der Waals surface area contributed by atoms with Crippen molar-refractivity contribution in [2.45, 2.75) is 94.6 Å². The van der Waals surface area contributed by atoms with Crippen LogP contribution >= 0.6 is 11.6 Å². The van der Waals surface area contributed by atoms with Crippen molar-refractivity contribution in [3.8, 4) is 0 Å². The topological polar surface area (TPSA) is 66.8 Å². The molecule has 2 unspecified atom stereocenters. The number of hydrogen-bond donors (Lipinski definition) is 2. The van der Waals surface area contributed by atoms with E-state index in [1.165, 1.54) is 13.5 Å². The van der Waals surface area contributed by atoms with Crippen LogP contribution in [0.2, 0.25) is 0 Å². The maximum absolute atomic E-state index is 11.2. The zero-order valence-electron chi connectivity index (χ0n) is 19.5. The van der Waals surface area contributed by atoms with Crippen molar-refractivity contribution >= 4 is 17.6 Å². The molecule has 2 aliphatic rings. The summed E-state index contributed by atoms with van der Waals surface area (Å²) in [5.41, 5.74) is 2.06. The number of aliphatic hydroxyl groups excluding tert-OH is 2. The van der Waals surface area contributed by atoms with Crippen molar-refractivity contribution in [1.82, 2.24) is 0 Å². The Morgan fingerprint density at radius 1 is 1.34 bits per heavy atom. The highest BCUT2D eigenvalue weighted by atomic mass is 35.5. The molecule has 0 saturated heterocycles. The Kier molecular flexibility index (Phi) is 9.22. The summed E-state index contributed by atoms with van der Waals surface area (Å²) in [6.45, 7) is 2.19. The SMILES string of the molecule is CCCC1(C(O)c2cccc([C@H]3[C@H](O)CC(Cl)[C@@H]3CC=CCCCC(=O)OC)c2)CCC1. The van der Waals surface area contributed by atoms with Gasteiger partial charge in [-0.2, -0.15) is 0 Å². The fourth-order valence-corrected chi connectivity index (χ4v) is 6.18. The van der Waals surface area contributed by atoms with Crippen LogP contribution in [0.4, 0.5) is 0 Å². The quantitative estimate of drug-likeness (QED) is 0.182. The number of carbonyl (C=O) groups excluding carboxylic acids is 1. The molecular weight excluding hydrogens is 424 g/mol. The molecule has 0 spiro atoms. The number of methoxy groups -OCH3 is 1. The predicted octanol–water partition coefficient (Wildman–Crippen LogP) is 6.05. The number of aliphatic hydroxyl groups is 2. The average Bonchev–Trinajstić information content (AvgIpc) is 3.05. The lowest BCUT2D eigenvalue weighted by molar-refractivity contribution is -0.140. The second kappa shape index (κ2) is 11.7. The van der Waals surface area contributed by atoms with Crippen molar-refractivity contribution in [2.75, 3.05) is 7.11 Å². The first-order valence-electron chi connectivity index (χ1n) is 12.2. The van der Waals surface area contributed by atoms with Crippen LogP contribution in [0.15, 0.2) is 36.4 Å². The van der Waals surface area contributed by atoms with E-state index in [9.17, 15) is 15.0 Å². The van der Waals surface area contributed by atoms with Gasteiger partial charge < -0.3 is 14.9 Å². The molecule has 0 radical (unpaired) electrons. The lowest BCUT2D eigenvalue weighted by atomic mass is 9.61. The molecule has 0 heterocycles. The molecule has 0 aliphatic heterocycles. The van der Waals surface area contributed by atoms with Gasteiger partial charge in [0.1, 0.15) is 0 Å². The summed E-state index contributed by atoms with van der Waals surface area (Å²) in [6, 6.07) is 8.22. The van der Waals surface area contributed by atoms with Crippen molar-refractivity contribution in [3.63, 3.8) is 0 Å². The van der Waals surface area contributed by atoms with Gasteiger partial charge >= 0.3 is 5.97 Å². The minimum atomic E-state index is -0.476. The van der Waals surface area contributed by atoms with Crippen molar-refractivity contribution in [2.24, 2.45) is 11.3 Å². The Balaban J connectivity index is 1.68. The molecule has 2 saturated carbocycles. The van der Waals surface area contributed by atoms with E-state index in [-0.39, 0.29) is 28.6 Å². The largest absolute Gasteiger partial charge is 0.469 e. The molecule has 1 aromatic carbocycles. The summed E-state index contributed by atoms with van der Waals surface area (Å²) in [4.78, 5) is 11.2. The van der Waals surface area contributed by atoms with Gasteiger partial charge in [0, 0.05) is 23.1 Å². The Hall–Kier alpha value is -1.36. The smallest absolute Gasteiger partial charge is 0.305 e. The molecule has 0 aromatic heterocycles. The number of esters is 1. The fraction of sp³-hybridized carbons (Fsp3) is 0.667. The first-order chi connectivity index (χ1) is 15.4. The van der Waals surface area contributed by atoms with E-state index in [0.29, 0.717) is 12.8 Å². The number of ether oxygens (including phenoxy) is 1. The molecule has 32 heavy (non-hydrogen) atoms. The number of carbonyl (C=O) groups is 1. The van der Waals surface area contributed by atoms with Gasteiger partial charge in [0.2, 0.25) is 0 Å². The summed E-state index contributed by atoms with van der Waals surface area (Å²) in [7, 11) is 1.41. The average molecular weight is 463 g/mol. The maximum atomic E-state index is 11.2. The highest BCUT2D eigenvalue weighted by Crippen LogP contribution is 2.54. The zero-order chi connectivity index (χ0) is 23.1. The van der Waals surface area contributed by atoms with Gasteiger partial charge in [-0.1, -0.05) is 56.2 Å². The first-order valence-corrected chi connectivity index (χ1v) is 12.7. The van der Waals surface area contributed by atoms with Gasteiger partial charge in [0.25, 0.3) is 0 Å². The zero-order valence-corrected chi connectivity index (χ0v) is 20.3. The standard InChI is InChI=1S/C27H39ClO4/c1-3-14-27(15-9-16-27)26(31)20-11-8-10-19(17-20)25-21(22(28)18-23(25)29)12-6-4-5-7-13-24(30)32-2/h4,6,8,10-11,17,21-23,25-26,29,31H,3,5,7,9,12-16,18H2,1-2H3/t21-,22?,23+,25+,26?/m0/s1. The molecule has 2 aliphatic carbocycles. The molecule has 4 nitrogen and oxygen atoms in total. The highest BCUT2D eigenvalue weighted by molar-refractivity contribution is 6.21. The summed E-state index contributed by atoms with van der Waals surface area (Å²) < 4.78 is 4.67. The van der Waals surface area contributed by atoms with Crippen molar-refractivity contribution < 1.29 is 19.7 Å². The van der Waals surface area contributed by atoms with Crippen LogP contribution in [0, 0.1) is 11.3 Å². The number of allylic oxidation sites excluding steroid dienone is 2. The van der Waals surface area contributed by atoms with Gasteiger partial charge in [-0.25, -0.2) is 0 Å². The summed E-state index contributed by atoms with van der Waals surface area (Å²) in [6.07, 6.45) is 12.2. The Labute approximate surface area is 198 Å². The van der Waals surface area contributed by atoms with E-state index in [2.05, 4.69) is 35.9 Å². The third-order valence-corrected chi connectivity index (χ3v) is 8.15. The fourth-order valence-electron chi connectivity index (χ4n) is 5.74. The number of halogens is 1. The number of rotatable bonds is 11. The van der Waals surface area contributed by atoms with Crippen LogP contribution in [0.25, 0.3) is 0 Å². The second-order valence-corrected chi connectivity index (χ2v) is 10.3. The molecule has 2 fully saturated rings. The van der Waals surface area contributed by atoms with E-state index in [1.54, 1.807) is 0 Å². The minimum absolute atomic E-state index is 0.0169. The highest BCUT2D eigenvalue weighted by Gasteiger charge is 2.44. The van der Waals surface area contributed by atoms with E-state index in [4.69, 9.17) is 11.6 Å². The molecule has 5 atom stereocenters. The van der Waals surface area contributed by atoms with E-state index < -0.39 is 12.2 Å². The van der Waals surface area contributed by atoms with Crippen LogP contribution in [0.1, 0.15) is 94.3 Å². The maximum Gasteiger partial charge on any atom is 0.305 e. The molecule has 1 aromatic rings. The number of unbranched alkanes of at least 4 members (excludes halogenated alkanes) is 1. The molecule has 2 N–H and O–H groups in total. The van der Waals surface area contributed by atoms with Gasteiger partial charge in [-0.15, -0.1) is 11.6 Å². The van der Waals surface area contributed by atoms with Crippen molar-refractivity contribution in [1.29, 1.82) is 0 Å². The molecule has 178 valence electrons. The number of benzene rings is 1. The van der Waals surface area contributed by atoms with Crippen molar-refractivity contribution in [3.05, 3.63) is 47.5 Å². The van der Waals surface area contributed by atoms with E-state index in [1.807, 2.05) is 12.1 Å². The lowest BCUT2D eigenvalue weighted by Crippen LogP contribution is -2.36. The monoisotopic (exact) mass is 462 g/mol. The molecular formula is C27H39ClO4. The van der Waals surface area contributed by atoms with Crippen LogP contribution in [0.5, 0.6) is 0 Å². The summed E-state index contributed by atoms with van der Waals surface area (Å²) >= 11 is 6.66. The molecule has 0 bridgehead atoms. The van der Waals surface area contributed by atoms with Gasteiger partial charge in [-0.05, 0) is 62.0 Å². The molecule has 3 rings (SSSR count). The predicted molar refractivity (Wildman–Crippen MR) is 129 cm³/mol. The molecule has 0 amide bonds. The van der Waals surface area contributed by atoms with Gasteiger partial charge in [-0.3, -0.25) is 4.79 Å².